The van der Waals surface area contributed by atoms with E-state index >= 15 is 0 Å². The van der Waals surface area contributed by atoms with Crippen molar-refractivity contribution in [2.45, 2.75) is 32.2 Å². The van der Waals surface area contributed by atoms with Gasteiger partial charge < -0.3 is 0 Å². The summed E-state index contributed by atoms with van der Waals surface area (Å²) in [5.41, 5.74) is 4.80. The predicted octanol–water partition coefficient (Wildman–Crippen LogP) is 5.17. The van der Waals surface area contributed by atoms with Crippen molar-refractivity contribution < 1.29 is 0 Å². The van der Waals surface area contributed by atoms with Crippen molar-refractivity contribution >= 4 is 15.9 Å². The van der Waals surface area contributed by atoms with Crippen LogP contribution < -0.4 is 0 Å². The van der Waals surface area contributed by atoms with E-state index in [0.717, 1.165) is 18.4 Å². The minimum atomic E-state index is 0.432. The summed E-state index contributed by atoms with van der Waals surface area (Å²) in [6.07, 6.45) is 1.26. The zero-order chi connectivity index (χ0) is 16.0. The maximum absolute atomic E-state index is 3.69. The molecule has 2 fully saturated rings. The predicted molar refractivity (Wildman–Crippen MR) is 99.5 cm³/mol. The van der Waals surface area contributed by atoms with E-state index in [1.165, 1.54) is 35.1 Å². The highest BCUT2D eigenvalue weighted by atomic mass is 79.9. The lowest BCUT2D eigenvalue weighted by Gasteiger charge is -2.27. The molecule has 1 saturated heterocycles. The van der Waals surface area contributed by atoms with Gasteiger partial charge in [0.25, 0.3) is 0 Å². The number of benzene rings is 2. The van der Waals surface area contributed by atoms with E-state index in [4.69, 9.17) is 0 Å². The highest BCUT2D eigenvalue weighted by Gasteiger charge is 2.67. The van der Waals surface area contributed by atoms with E-state index in [2.05, 4.69) is 83.2 Å². The van der Waals surface area contributed by atoms with Gasteiger partial charge in [-0.25, -0.2) is 0 Å². The molecule has 2 aliphatic rings. The Morgan fingerprint density at radius 2 is 1.78 bits per heavy atom. The Labute approximate surface area is 147 Å². The fourth-order valence-corrected chi connectivity index (χ4v) is 5.56. The second kappa shape index (κ2) is 5.75. The summed E-state index contributed by atoms with van der Waals surface area (Å²) < 4.78 is 1.23. The Bertz CT molecular complexity index is 677. The fraction of sp³-hybridized carbons (Fsp3) is 0.429. The molecule has 0 unspecified atom stereocenters. The van der Waals surface area contributed by atoms with Gasteiger partial charge in [-0.15, -0.1) is 0 Å². The van der Waals surface area contributed by atoms with Gasteiger partial charge in [0.1, 0.15) is 0 Å². The monoisotopic (exact) mass is 369 g/mol. The van der Waals surface area contributed by atoms with Crippen molar-refractivity contribution in [2.75, 3.05) is 13.1 Å². The second-order valence-corrected chi connectivity index (χ2v) is 8.22. The van der Waals surface area contributed by atoms with Crippen molar-refractivity contribution in [3.63, 3.8) is 0 Å². The number of aryl methyl sites for hydroxylation is 1. The van der Waals surface area contributed by atoms with Gasteiger partial charge in [0, 0.05) is 29.5 Å². The minimum absolute atomic E-state index is 0.432. The number of fused-ring (bicyclic) bond motifs is 1. The molecule has 1 nitrogen and oxygen atoms in total. The van der Waals surface area contributed by atoms with Gasteiger partial charge in [0.15, 0.2) is 0 Å². The summed E-state index contributed by atoms with van der Waals surface area (Å²) >= 11 is 3.69. The summed E-state index contributed by atoms with van der Waals surface area (Å²) in [4.78, 5) is 2.64. The molecule has 0 radical (unpaired) electrons. The minimum Gasteiger partial charge on any atom is -0.298 e. The quantitative estimate of drug-likeness (QED) is 0.718. The molecule has 120 valence electrons. The lowest BCUT2D eigenvalue weighted by atomic mass is 9.86. The highest BCUT2D eigenvalue weighted by molar-refractivity contribution is 9.10. The fourth-order valence-electron chi connectivity index (χ4n) is 4.95. The Hall–Kier alpha value is -1.12. The van der Waals surface area contributed by atoms with E-state index in [9.17, 15) is 0 Å². The number of halogens is 1. The molecule has 3 atom stereocenters. The average Bonchev–Trinajstić information content (AvgIpc) is 2.92. The van der Waals surface area contributed by atoms with Crippen LogP contribution in [0.4, 0.5) is 0 Å². The number of nitrogens with zero attached hydrogens (tertiary/aromatic N) is 1. The second-order valence-electron chi connectivity index (χ2n) is 7.30. The van der Waals surface area contributed by atoms with E-state index in [-0.39, 0.29) is 0 Å². The molecule has 1 aliphatic carbocycles. The summed E-state index contributed by atoms with van der Waals surface area (Å²) in [6.45, 7) is 8.18. The molecule has 1 heterocycles. The van der Waals surface area contributed by atoms with Gasteiger partial charge in [0.05, 0.1) is 0 Å². The van der Waals surface area contributed by atoms with Crippen LogP contribution in [-0.2, 0) is 12.0 Å². The van der Waals surface area contributed by atoms with Gasteiger partial charge in [-0.3, -0.25) is 4.90 Å². The van der Waals surface area contributed by atoms with Crippen LogP contribution in [0.25, 0.3) is 0 Å². The maximum Gasteiger partial charge on any atom is 0.0233 e. The van der Waals surface area contributed by atoms with Crippen molar-refractivity contribution in [1.82, 2.24) is 4.90 Å². The van der Waals surface area contributed by atoms with Gasteiger partial charge in [0.2, 0.25) is 0 Å². The van der Waals surface area contributed by atoms with Crippen molar-refractivity contribution in [3.05, 3.63) is 69.7 Å². The molecular formula is C21H24BrN. The SMILES string of the molecule is CC[C@]1(c2cc(C)cc(Br)c2)[C@@H]2CN(Cc3ccccc3)C[C@@H]21. The molecule has 2 aromatic carbocycles. The Balaban J connectivity index is 1.51. The van der Waals surface area contributed by atoms with E-state index in [1.807, 2.05) is 0 Å². The van der Waals surface area contributed by atoms with Gasteiger partial charge in [-0.1, -0.05) is 59.3 Å². The number of rotatable bonds is 4. The first-order valence-electron chi connectivity index (χ1n) is 8.67. The Kier molecular flexibility index (Phi) is 3.85. The van der Waals surface area contributed by atoms with Gasteiger partial charge in [-0.2, -0.15) is 0 Å². The third-order valence-electron chi connectivity index (χ3n) is 6.02. The normalized spacial score (nSPS) is 29.5. The van der Waals surface area contributed by atoms with Crippen LogP contribution in [0.5, 0.6) is 0 Å². The third kappa shape index (κ3) is 2.56. The summed E-state index contributed by atoms with van der Waals surface area (Å²) in [5.74, 6) is 1.68. The smallest absolute Gasteiger partial charge is 0.0233 e. The molecule has 0 spiro atoms. The van der Waals surface area contributed by atoms with Crippen LogP contribution >= 0.6 is 15.9 Å². The maximum atomic E-state index is 3.69. The zero-order valence-electron chi connectivity index (χ0n) is 13.9. The van der Waals surface area contributed by atoms with E-state index < -0.39 is 0 Å². The summed E-state index contributed by atoms with van der Waals surface area (Å²) in [7, 11) is 0. The van der Waals surface area contributed by atoms with Gasteiger partial charge in [-0.05, 0) is 54.0 Å². The Morgan fingerprint density at radius 3 is 2.39 bits per heavy atom. The first-order chi connectivity index (χ1) is 11.1. The molecule has 0 N–H and O–H groups in total. The number of hydrogen-bond acceptors (Lipinski definition) is 1. The van der Waals surface area contributed by atoms with Crippen LogP contribution in [0.15, 0.2) is 53.0 Å². The Morgan fingerprint density at radius 1 is 1.09 bits per heavy atom. The number of likely N-dealkylation sites (tertiary alicyclic amines) is 1. The first kappa shape index (κ1) is 15.4. The molecule has 0 amide bonds. The summed E-state index contributed by atoms with van der Waals surface area (Å²) in [6, 6.07) is 17.9. The molecule has 2 heteroatoms. The highest BCUT2D eigenvalue weighted by Crippen LogP contribution is 2.65. The van der Waals surface area contributed by atoms with E-state index in [1.54, 1.807) is 5.56 Å². The molecule has 1 aliphatic heterocycles. The zero-order valence-corrected chi connectivity index (χ0v) is 15.5. The standard InChI is InChI=1S/C21H24BrN/c1-3-21(17-9-15(2)10-18(22)11-17)19-13-23(14-20(19)21)12-16-7-5-4-6-8-16/h4-11,19-20H,3,12-14H2,1-2H3/t19-,20+,21+. The number of hydrogen-bond donors (Lipinski definition) is 0. The molecular weight excluding hydrogens is 346 g/mol. The third-order valence-corrected chi connectivity index (χ3v) is 6.48. The van der Waals surface area contributed by atoms with Crippen LogP contribution in [0.1, 0.15) is 30.0 Å². The molecule has 2 aromatic rings. The van der Waals surface area contributed by atoms with Crippen molar-refractivity contribution in [1.29, 1.82) is 0 Å². The van der Waals surface area contributed by atoms with Crippen LogP contribution in [0.2, 0.25) is 0 Å². The molecule has 0 bridgehead atoms. The van der Waals surface area contributed by atoms with Crippen LogP contribution in [-0.4, -0.2) is 18.0 Å². The molecule has 23 heavy (non-hydrogen) atoms. The molecule has 4 rings (SSSR count). The lowest BCUT2D eigenvalue weighted by molar-refractivity contribution is 0.262. The van der Waals surface area contributed by atoms with E-state index in [0.29, 0.717) is 5.41 Å². The number of piperidine rings is 1. The van der Waals surface area contributed by atoms with Crippen molar-refractivity contribution in [2.24, 2.45) is 11.8 Å². The summed E-state index contributed by atoms with van der Waals surface area (Å²) in [5, 5.41) is 0. The topological polar surface area (TPSA) is 3.24 Å². The first-order valence-corrected chi connectivity index (χ1v) is 9.46. The lowest BCUT2D eigenvalue weighted by Crippen LogP contribution is -2.29. The molecule has 0 aromatic heterocycles. The average molecular weight is 370 g/mol. The largest absolute Gasteiger partial charge is 0.298 e. The van der Waals surface area contributed by atoms with Crippen molar-refractivity contribution in [3.8, 4) is 0 Å². The van der Waals surface area contributed by atoms with Gasteiger partial charge >= 0.3 is 0 Å². The van der Waals surface area contributed by atoms with Crippen LogP contribution in [0, 0.1) is 18.8 Å². The van der Waals surface area contributed by atoms with Crippen LogP contribution in [0.3, 0.4) is 0 Å². The molecule has 1 saturated carbocycles.